The standard InChI is InChI=1S/C24H29Br2ClN2O2/c1-15(16-7-9-18(27)10-8-16)28-29-21(30)13-31-22-19(25)11-17(12-20(22)26)24(5,6)14-23(2,3)4/h7-12H,13-14H2,1-6H3,(H,29,30)/b28-15+. The zero-order valence-electron chi connectivity index (χ0n) is 18.8. The number of nitrogens with one attached hydrogen (secondary N) is 1. The number of hydrogen-bond donors (Lipinski definition) is 1. The van der Waals surface area contributed by atoms with Crippen molar-refractivity contribution in [3.05, 3.63) is 61.5 Å². The van der Waals surface area contributed by atoms with Gasteiger partial charge in [-0.1, -0.05) is 58.4 Å². The zero-order chi connectivity index (χ0) is 23.4. The van der Waals surface area contributed by atoms with Crippen molar-refractivity contribution >= 4 is 55.1 Å². The summed E-state index contributed by atoms with van der Waals surface area (Å²) >= 11 is 13.1. The number of rotatable bonds is 7. The normalized spacial score (nSPS) is 12.6. The molecule has 0 heterocycles. The maximum absolute atomic E-state index is 12.2. The Morgan fingerprint density at radius 3 is 2.13 bits per heavy atom. The van der Waals surface area contributed by atoms with Gasteiger partial charge in [-0.3, -0.25) is 4.79 Å². The van der Waals surface area contributed by atoms with E-state index < -0.39 is 0 Å². The van der Waals surface area contributed by atoms with Crippen LogP contribution in [0.4, 0.5) is 0 Å². The van der Waals surface area contributed by atoms with Gasteiger partial charge in [0.15, 0.2) is 6.61 Å². The van der Waals surface area contributed by atoms with E-state index in [1.54, 1.807) is 12.1 Å². The highest BCUT2D eigenvalue weighted by Gasteiger charge is 2.28. The summed E-state index contributed by atoms with van der Waals surface area (Å²) in [6.07, 6.45) is 1.03. The first kappa shape index (κ1) is 25.9. The fraction of sp³-hybridized carbons (Fsp3) is 0.417. The molecule has 31 heavy (non-hydrogen) atoms. The number of carbonyl (C=O) groups excluding carboxylic acids is 1. The molecule has 1 amide bonds. The molecule has 2 aromatic carbocycles. The second kappa shape index (κ2) is 10.5. The van der Waals surface area contributed by atoms with E-state index in [2.05, 4.69) is 89.1 Å². The fourth-order valence-corrected chi connectivity index (χ4v) is 5.13. The van der Waals surface area contributed by atoms with Crippen molar-refractivity contribution < 1.29 is 9.53 Å². The van der Waals surface area contributed by atoms with Gasteiger partial charge in [-0.15, -0.1) is 0 Å². The predicted molar refractivity (Wildman–Crippen MR) is 136 cm³/mol. The van der Waals surface area contributed by atoms with E-state index in [0.29, 0.717) is 16.5 Å². The van der Waals surface area contributed by atoms with Crippen LogP contribution in [0.3, 0.4) is 0 Å². The van der Waals surface area contributed by atoms with Crippen molar-refractivity contribution in [2.45, 2.75) is 53.4 Å². The van der Waals surface area contributed by atoms with Crippen molar-refractivity contribution in [2.75, 3.05) is 6.61 Å². The third-order valence-electron chi connectivity index (χ3n) is 4.71. The highest BCUT2D eigenvalue weighted by atomic mass is 79.9. The third kappa shape index (κ3) is 7.92. The average molecular weight is 573 g/mol. The molecule has 0 fully saturated rings. The molecular formula is C24H29Br2ClN2O2. The Balaban J connectivity index is 2.04. The molecule has 0 unspecified atom stereocenters. The number of amides is 1. The summed E-state index contributed by atoms with van der Waals surface area (Å²) in [5, 5.41) is 4.78. The first-order valence-corrected chi connectivity index (χ1v) is 12.0. The van der Waals surface area contributed by atoms with Crippen LogP contribution in [0.2, 0.25) is 5.02 Å². The molecule has 0 saturated carbocycles. The zero-order valence-corrected chi connectivity index (χ0v) is 22.7. The van der Waals surface area contributed by atoms with Crippen LogP contribution in [0.1, 0.15) is 59.1 Å². The maximum atomic E-state index is 12.2. The van der Waals surface area contributed by atoms with Gasteiger partial charge in [0.05, 0.1) is 14.7 Å². The minimum Gasteiger partial charge on any atom is -0.481 e. The molecule has 2 rings (SSSR count). The Morgan fingerprint density at radius 2 is 1.61 bits per heavy atom. The smallest absolute Gasteiger partial charge is 0.277 e. The van der Waals surface area contributed by atoms with Crippen LogP contribution in [0, 0.1) is 5.41 Å². The van der Waals surface area contributed by atoms with E-state index in [9.17, 15) is 4.79 Å². The van der Waals surface area contributed by atoms with E-state index in [-0.39, 0.29) is 23.3 Å². The van der Waals surface area contributed by atoms with Crippen molar-refractivity contribution in [1.82, 2.24) is 5.43 Å². The average Bonchev–Trinajstić information content (AvgIpc) is 2.64. The Bertz CT molecular complexity index is 942. The van der Waals surface area contributed by atoms with Crippen molar-refractivity contribution in [3.8, 4) is 5.75 Å². The molecule has 4 nitrogen and oxygen atoms in total. The fourth-order valence-electron chi connectivity index (χ4n) is 3.59. The monoisotopic (exact) mass is 570 g/mol. The molecule has 7 heteroatoms. The lowest BCUT2D eigenvalue weighted by atomic mass is 9.72. The second-order valence-corrected chi connectivity index (χ2v) is 11.6. The molecule has 0 aliphatic rings. The van der Waals surface area contributed by atoms with Gasteiger partial charge in [-0.2, -0.15) is 5.10 Å². The largest absolute Gasteiger partial charge is 0.481 e. The minimum atomic E-state index is -0.343. The van der Waals surface area contributed by atoms with E-state index in [1.165, 1.54) is 5.56 Å². The molecule has 0 aliphatic heterocycles. The van der Waals surface area contributed by atoms with Gasteiger partial charge in [-0.05, 0) is 91.4 Å². The molecule has 168 valence electrons. The van der Waals surface area contributed by atoms with E-state index in [4.69, 9.17) is 16.3 Å². The number of nitrogens with zero attached hydrogens (tertiary/aromatic N) is 1. The molecule has 0 spiro atoms. The van der Waals surface area contributed by atoms with Gasteiger partial charge < -0.3 is 4.74 Å². The van der Waals surface area contributed by atoms with Crippen LogP contribution in [-0.2, 0) is 10.2 Å². The molecule has 1 N–H and O–H groups in total. The summed E-state index contributed by atoms with van der Waals surface area (Å²) in [6, 6.07) is 11.4. The number of halogens is 3. The van der Waals surface area contributed by atoms with Crippen LogP contribution < -0.4 is 10.2 Å². The molecule has 2 aromatic rings. The van der Waals surface area contributed by atoms with Crippen LogP contribution in [0.25, 0.3) is 0 Å². The lowest BCUT2D eigenvalue weighted by molar-refractivity contribution is -0.123. The highest BCUT2D eigenvalue weighted by Crippen LogP contribution is 2.42. The van der Waals surface area contributed by atoms with Crippen LogP contribution in [-0.4, -0.2) is 18.2 Å². The predicted octanol–water partition coefficient (Wildman–Crippen LogP) is 7.50. The summed E-state index contributed by atoms with van der Waals surface area (Å²) in [6.45, 7) is 12.9. The number of carbonyl (C=O) groups is 1. The summed E-state index contributed by atoms with van der Waals surface area (Å²) in [4.78, 5) is 12.2. The Labute approximate surface area is 207 Å². The first-order chi connectivity index (χ1) is 14.3. The number of hydrazone groups is 1. The van der Waals surface area contributed by atoms with Crippen LogP contribution >= 0.6 is 43.5 Å². The molecule has 0 aromatic heterocycles. The van der Waals surface area contributed by atoms with E-state index in [1.807, 2.05) is 19.1 Å². The topological polar surface area (TPSA) is 50.7 Å². The lowest BCUT2D eigenvalue weighted by Crippen LogP contribution is -2.26. The van der Waals surface area contributed by atoms with Gasteiger partial charge in [0, 0.05) is 5.02 Å². The number of benzene rings is 2. The summed E-state index contributed by atoms with van der Waals surface area (Å²) in [7, 11) is 0. The lowest BCUT2D eigenvalue weighted by Gasteiger charge is -2.33. The van der Waals surface area contributed by atoms with Crippen molar-refractivity contribution in [1.29, 1.82) is 0 Å². The number of ether oxygens (including phenoxy) is 1. The highest BCUT2D eigenvalue weighted by molar-refractivity contribution is 9.11. The summed E-state index contributed by atoms with van der Waals surface area (Å²) < 4.78 is 7.36. The maximum Gasteiger partial charge on any atom is 0.277 e. The van der Waals surface area contributed by atoms with Gasteiger partial charge >= 0.3 is 0 Å². The van der Waals surface area contributed by atoms with Gasteiger partial charge in [0.2, 0.25) is 0 Å². The second-order valence-electron chi connectivity index (χ2n) is 9.42. The van der Waals surface area contributed by atoms with Gasteiger partial charge in [0.25, 0.3) is 5.91 Å². The minimum absolute atomic E-state index is 0.00684. The molecule has 0 saturated heterocycles. The van der Waals surface area contributed by atoms with Gasteiger partial charge in [0.1, 0.15) is 5.75 Å². The Kier molecular flexibility index (Phi) is 8.77. The number of hydrogen-bond acceptors (Lipinski definition) is 3. The van der Waals surface area contributed by atoms with Crippen LogP contribution in [0.15, 0.2) is 50.4 Å². The van der Waals surface area contributed by atoms with Crippen LogP contribution in [0.5, 0.6) is 5.75 Å². The summed E-state index contributed by atoms with van der Waals surface area (Å²) in [5.74, 6) is 0.244. The molecule has 0 bridgehead atoms. The molecule has 0 radical (unpaired) electrons. The Hall–Kier alpha value is -1.37. The van der Waals surface area contributed by atoms with Crippen molar-refractivity contribution in [2.24, 2.45) is 10.5 Å². The third-order valence-corrected chi connectivity index (χ3v) is 6.14. The van der Waals surface area contributed by atoms with Gasteiger partial charge in [-0.25, -0.2) is 5.43 Å². The summed E-state index contributed by atoms with van der Waals surface area (Å²) in [5.41, 5.74) is 5.48. The molecule has 0 atom stereocenters. The Morgan fingerprint density at radius 1 is 1.06 bits per heavy atom. The van der Waals surface area contributed by atoms with E-state index >= 15 is 0 Å². The molecular weight excluding hydrogens is 544 g/mol. The van der Waals surface area contributed by atoms with E-state index in [0.717, 1.165) is 20.9 Å². The SMILES string of the molecule is C/C(=N\NC(=O)COc1c(Br)cc(C(C)(C)CC(C)(C)C)cc1Br)c1ccc(Cl)cc1. The molecule has 0 aliphatic carbocycles. The quantitative estimate of drug-likeness (QED) is 0.276. The van der Waals surface area contributed by atoms with Crippen molar-refractivity contribution in [3.63, 3.8) is 0 Å². The first-order valence-electron chi connectivity index (χ1n) is 10.00.